The summed E-state index contributed by atoms with van der Waals surface area (Å²) in [6.07, 6.45) is 0. The Bertz CT molecular complexity index is 292. The topological polar surface area (TPSA) is 23.9 Å². The number of benzene rings is 1. The zero-order valence-electron chi connectivity index (χ0n) is 6.61. The molecule has 58 valence electrons. The Balaban J connectivity index is 3.23. The number of aryl methyl sites for hydroxylation is 1. The highest BCUT2D eigenvalue weighted by molar-refractivity contribution is 5.96. The average molecular weight is 151 g/mol. The summed E-state index contributed by atoms with van der Waals surface area (Å²) in [4.78, 5) is 0. The number of nitrogens with one attached hydrogen (secondary N) is 1. The maximum absolute atomic E-state index is 12.9. The molecule has 0 aliphatic rings. The van der Waals surface area contributed by atoms with Gasteiger partial charge >= 0.3 is 0 Å². The van der Waals surface area contributed by atoms with Crippen molar-refractivity contribution in [3.8, 4) is 0 Å². The van der Waals surface area contributed by atoms with Crippen LogP contribution in [0.4, 0.5) is 4.39 Å². The van der Waals surface area contributed by atoms with Crippen LogP contribution < -0.4 is 0 Å². The van der Waals surface area contributed by atoms with Gasteiger partial charge < -0.3 is 5.41 Å². The minimum atomic E-state index is -0.317. The van der Waals surface area contributed by atoms with Gasteiger partial charge in [0.15, 0.2) is 0 Å². The molecule has 1 aromatic rings. The second-order valence-electron chi connectivity index (χ2n) is 2.61. The molecule has 0 atom stereocenters. The second kappa shape index (κ2) is 2.82. The van der Waals surface area contributed by atoms with Crippen molar-refractivity contribution in [1.29, 1.82) is 5.41 Å². The van der Waals surface area contributed by atoms with Gasteiger partial charge in [0.05, 0.1) is 0 Å². The lowest BCUT2D eigenvalue weighted by molar-refractivity contribution is 0.624. The van der Waals surface area contributed by atoms with Crippen molar-refractivity contribution in [2.75, 3.05) is 0 Å². The molecule has 0 fully saturated rings. The van der Waals surface area contributed by atoms with E-state index < -0.39 is 0 Å². The lowest BCUT2D eigenvalue weighted by Gasteiger charge is -2.00. The van der Waals surface area contributed by atoms with E-state index >= 15 is 0 Å². The smallest absolute Gasteiger partial charge is 0.132 e. The standard InChI is InChI=1S/C9H10FN/c1-6-3-4-9(10)8(5-6)7(2)11/h3-5,11H,1-2H3. The summed E-state index contributed by atoms with van der Waals surface area (Å²) in [6.45, 7) is 3.46. The highest BCUT2D eigenvalue weighted by atomic mass is 19.1. The highest BCUT2D eigenvalue weighted by Gasteiger charge is 2.02. The third-order valence-corrected chi connectivity index (χ3v) is 1.53. The highest BCUT2D eigenvalue weighted by Crippen LogP contribution is 2.09. The molecule has 0 aliphatic heterocycles. The van der Waals surface area contributed by atoms with Crippen LogP contribution in [0.25, 0.3) is 0 Å². The fraction of sp³-hybridized carbons (Fsp3) is 0.222. The van der Waals surface area contributed by atoms with Gasteiger partial charge in [0, 0.05) is 11.3 Å². The van der Waals surface area contributed by atoms with E-state index in [-0.39, 0.29) is 11.5 Å². The molecule has 0 aromatic heterocycles. The molecule has 0 saturated carbocycles. The Morgan fingerprint density at radius 2 is 2.09 bits per heavy atom. The first kappa shape index (κ1) is 7.92. The van der Waals surface area contributed by atoms with Crippen molar-refractivity contribution in [3.05, 3.63) is 35.1 Å². The fourth-order valence-electron chi connectivity index (χ4n) is 0.926. The first-order chi connectivity index (χ1) is 5.11. The summed E-state index contributed by atoms with van der Waals surface area (Å²) < 4.78 is 12.9. The molecular weight excluding hydrogens is 141 g/mol. The van der Waals surface area contributed by atoms with E-state index in [1.165, 1.54) is 6.07 Å². The molecule has 1 N–H and O–H groups in total. The predicted molar refractivity (Wildman–Crippen MR) is 43.6 cm³/mol. The van der Waals surface area contributed by atoms with Gasteiger partial charge in [-0.15, -0.1) is 0 Å². The fourth-order valence-corrected chi connectivity index (χ4v) is 0.926. The van der Waals surface area contributed by atoms with Crippen LogP contribution in [0.2, 0.25) is 0 Å². The quantitative estimate of drug-likeness (QED) is 0.596. The van der Waals surface area contributed by atoms with Crippen molar-refractivity contribution in [1.82, 2.24) is 0 Å². The van der Waals surface area contributed by atoms with E-state index in [0.717, 1.165) is 5.56 Å². The summed E-state index contributed by atoms with van der Waals surface area (Å²) >= 11 is 0. The van der Waals surface area contributed by atoms with Crippen LogP contribution >= 0.6 is 0 Å². The Labute approximate surface area is 65.4 Å². The van der Waals surface area contributed by atoms with Crippen LogP contribution in [0.5, 0.6) is 0 Å². The second-order valence-corrected chi connectivity index (χ2v) is 2.61. The molecular formula is C9H10FN. The summed E-state index contributed by atoms with van der Waals surface area (Å²) in [5.74, 6) is -0.317. The van der Waals surface area contributed by atoms with Crippen molar-refractivity contribution in [2.45, 2.75) is 13.8 Å². The van der Waals surface area contributed by atoms with E-state index in [1.807, 2.05) is 6.92 Å². The monoisotopic (exact) mass is 151 g/mol. The van der Waals surface area contributed by atoms with Crippen LogP contribution in [0.15, 0.2) is 18.2 Å². The van der Waals surface area contributed by atoms with Crippen molar-refractivity contribution >= 4 is 5.71 Å². The normalized spacial score (nSPS) is 9.73. The third kappa shape index (κ3) is 1.64. The molecule has 2 heteroatoms. The number of hydrogen-bond acceptors (Lipinski definition) is 1. The molecule has 11 heavy (non-hydrogen) atoms. The predicted octanol–water partition coefficient (Wildman–Crippen LogP) is 2.52. The molecule has 1 aromatic carbocycles. The molecule has 1 nitrogen and oxygen atoms in total. The van der Waals surface area contributed by atoms with Gasteiger partial charge in [-0.25, -0.2) is 4.39 Å². The molecule has 0 unspecified atom stereocenters. The summed E-state index contributed by atoms with van der Waals surface area (Å²) in [7, 11) is 0. The van der Waals surface area contributed by atoms with Gasteiger partial charge in [-0.3, -0.25) is 0 Å². The zero-order chi connectivity index (χ0) is 8.43. The van der Waals surface area contributed by atoms with Gasteiger partial charge in [0.1, 0.15) is 5.82 Å². The molecule has 1 rings (SSSR count). The van der Waals surface area contributed by atoms with E-state index in [9.17, 15) is 4.39 Å². The van der Waals surface area contributed by atoms with Crippen molar-refractivity contribution in [3.63, 3.8) is 0 Å². The van der Waals surface area contributed by atoms with Gasteiger partial charge in [-0.2, -0.15) is 0 Å². The lowest BCUT2D eigenvalue weighted by atomic mass is 10.1. The first-order valence-corrected chi connectivity index (χ1v) is 3.43. The zero-order valence-corrected chi connectivity index (χ0v) is 6.61. The van der Waals surface area contributed by atoms with Crippen molar-refractivity contribution < 1.29 is 4.39 Å². The number of rotatable bonds is 1. The first-order valence-electron chi connectivity index (χ1n) is 3.43. The Morgan fingerprint density at radius 1 is 1.45 bits per heavy atom. The van der Waals surface area contributed by atoms with Crippen LogP contribution in [0.3, 0.4) is 0 Å². The summed E-state index contributed by atoms with van der Waals surface area (Å²) in [5, 5.41) is 7.23. The van der Waals surface area contributed by atoms with Crippen LogP contribution in [0.1, 0.15) is 18.1 Å². The maximum atomic E-state index is 12.9. The van der Waals surface area contributed by atoms with Gasteiger partial charge in [-0.05, 0) is 26.0 Å². The SMILES string of the molecule is CC(=N)c1cc(C)ccc1F. The molecule has 0 bridgehead atoms. The van der Waals surface area contributed by atoms with Crippen LogP contribution in [-0.4, -0.2) is 5.71 Å². The van der Waals surface area contributed by atoms with Crippen molar-refractivity contribution in [2.24, 2.45) is 0 Å². The molecule has 0 spiro atoms. The summed E-state index contributed by atoms with van der Waals surface area (Å²) in [6, 6.07) is 4.77. The van der Waals surface area contributed by atoms with E-state index in [1.54, 1.807) is 19.1 Å². The van der Waals surface area contributed by atoms with Crippen LogP contribution in [0, 0.1) is 18.2 Å². The molecule has 0 saturated heterocycles. The molecule has 0 aliphatic carbocycles. The minimum absolute atomic E-state index is 0.270. The third-order valence-electron chi connectivity index (χ3n) is 1.53. The largest absolute Gasteiger partial charge is 0.305 e. The Morgan fingerprint density at radius 3 is 2.55 bits per heavy atom. The lowest BCUT2D eigenvalue weighted by Crippen LogP contribution is -1.96. The number of halogens is 1. The molecule has 0 amide bonds. The average Bonchev–Trinajstić information content (AvgIpc) is 1.94. The Hall–Kier alpha value is -1.18. The van der Waals surface area contributed by atoms with E-state index in [0.29, 0.717) is 5.56 Å². The number of hydrogen-bond donors (Lipinski definition) is 1. The van der Waals surface area contributed by atoms with Gasteiger partial charge in [-0.1, -0.05) is 11.6 Å². The van der Waals surface area contributed by atoms with E-state index in [2.05, 4.69) is 0 Å². The Kier molecular flexibility index (Phi) is 2.03. The van der Waals surface area contributed by atoms with Gasteiger partial charge in [0.25, 0.3) is 0 Å². The van der Waals surface area contributed by atoms with E-state index in [4.69, 9.17) is 5.41 Å². The molecule has 0 heterocycles. The van der Waals surface area contributed by atoms with Crippen LogP contribution in [-0.2, 0) is 0 Å². The minimum Gasteiger partial charge on any atom is -0.305 e. The maximum Gasteiger partial charge on any atom is 0.132 e. The van der Waals surface area contributed by atoms with Gasteiger partial charge in [0.2, 0.25) is 0 Å². The molecule has 0 radical (unpaired) electrons. The summed E-state index contributed by atoms with van der Waals surface area (Å²) in [5.41, 5.74) is 1.64.